The summed E-state index contributed by atoms with van der Waals surface area (Å²) in [5.74, 6) is -0.276. The van der Waals surface area contributed by atoms with Crippen LogP contribution >= 0.6 is 15.9 Å². The Morgan fingerprint density at radius 2 is 1.82 bits per heavy atom. The number of halogens is 1. The van der Waals surface area contributed by atoms with Crippen molar-refractivity contribution in [3.8, 4) is 0 Å². The molecule has 6 nitrogen and oxygen atoms in total. The summed E-state index contributed by atoms with van der Waals surface area (Å²) < 4.78 is 6.32. The van der Waals surface area contributed by atoms with E-state index in [2.05, 4.69) is 21.2 Å². The van der Waals surface area contributed by atoms with Crippen molar-refractivity contribution in [2.45, 2.75) is 78.2 Å². The van der Waals surface area contributed by atoms with Crippen LogP contribution < -0.4 is 5.32 Å². The quantitative estimate of drug-likeness (QED) is 0.702. The molecule has 7 heteroatoms. The predicted molar refractivity (Wildman–Crippen MR) is 114 cm³/mol. The first-order chi connectivity index (χ1) is 13.1. The van der Waals surface area contributed by atoms with Gasteiger partial charge in [0.25, 0.3) is 0 Å². The number of aliphatic hydroxyl groups is 1. The van der Waals surface area contributed by atoms with E-state index < -0.39 is 29.9 Å². The van der Waals surface area contributed by atoms with Crippen LogP contribution in [0.3, 0.4) is 0 Å². The maximum absolute atomic E-state index is 12.8. The van der Waals surface area contributed by atoms with E-state index in [0.29, 0.717) is 13.0 Å². The highest BCUT2D eigenvalue weighted by atomic mass is 79.9. The molecule has 158 valence electrons. The molecule has 1 aliphatic heterocycles. The number of ether oxygens (including phenoxy) is 1. The van der Waals surface area contributed by atoms with Gasteiger partial charge in [-0.3, -0.25) is 9.69 Å². The van der Waals surface area contributed by atoms with E-state index in [1.54, 1.807) is 27.7 Å². The molecule has 28 heavy (non-hydrogen) atoms. The molecule has 1 heterocycles. The van der Waals surface area contributed by atoms with Gasteiger partial charge in [-0.05, 0) is 58.2 Å². The summed E-state index contributed by atoms with van der Waals surface area (Å²) in [6.07, 6.45) is 0.0799. The van der Waals surface area contributed by atoms with Gasteiger partial charge in [0.1, 0.15) is 11.6 Å². The summed E-state index contributed by atoms with van der Waals surface area (Å²) in [5, 5.41) is 13.0. The Labute approximate surface area is 176 Å². The minimum atomic E-state index is -0.767. The van der Waals surface area contributed by atoms with Crippen molar-refractivity contribution in [1.29, 1.82) is 0 Å². The summed E-state index contributed by atoms with van der Waals surface area (Å²) in [7, 11) is 0. The van der Waals surface area contributed by atoms with Crippen molar-refractivity contribution in [2.24, 2.45) is 0 Å². The van der Waals surface area contributed by atoms with E-state index in [1.807, 2.05) is 38.1 Å². The molecule has 0 saturated carbocycles. The molecule has 2 N–H and O–H groups in total. The fraction of sp³-hybridized carbons (Fsp3) is 0.619. The molecule has 2 amide bonds. The van der Waals surface area contributed by atoms with Gasteiger partial charge in [0, 0.05) is 11.0 Å². The zero-order chi connectivity index (χ0) is 21.5. The summed E-state index contributed by atoms with van der Waals surface area (Å²) in [6, 6.07) is 6.29. The number of aliphatic hydroxyl groups excluding tert-OH is 1. The van der Waals surface area contributed by atoms with Crippen LogP contribution in [-0.4, -0.2) is 46.3 Å². The lowest BCUT2D eigenvalue weighted by Gasteiger charge is -2.30. The first-order valence-electron chi connectivity index (χ1n) is 9.82. The van der Waals surface area contributed by atoms with Crippen molar-refractivity contribution in [2.75, 3.05) is 6.54 Å². The van der Waals surface area contributed by atoms with E-state index in [9.17, 15) is 14.7 Å². The van der Waals surface area contributed by atoms with E-state index in [-0.39, 0.29) is 5.91 Å². The molecule has 1 aromatic rings. The van der Waals surface area contributed by atoms with Gasteiger partial charge in [-0.1, -0.05) is 41.9 Å². The first-order valence-corrected chi connectivity index (χ1v) is 10.6. The van der Waals surface area contributed by atoms with Crippen LogP contribution in [0.25, 0.3) is 0 Å². The first kappa shape index (κ1) is 24.4. The topological polar surface area (TPSA) is 78.9 Å². The summed E-state index contributed by atoms with van der Waals surface area (Å²) in [4.78, 5) is 26.6. The molecule has 0 aromatic heterocycles. The number of hydrogen-bond acceptors (Lipinski definition) is 4. The minimum Gasteiger partial charge on any atom is -0.444 e. The van der Waals surface area contributed by atoms with Crippen LogP contribution in [0, 0.1) is 0 Å². The van der Waals surface area contributed by atoms with Crippen LogP contribution in [0.4, 0.5) is 4.79 Å². The molecular formula is C21H33BrN2O4. The minimum absolute atomic E-state index is 0.276. The van der Waals surface area contributed by atoms with Crippen LogP contribution in [0.15, 0.2) is 28.7 Å². The normalized spacial score (nSPS) is 18.6. The third kappa shape index (κ3) is 7.09. The molecule has 0 bridgehead atoms. The molecule has 1 saturated heterocycles. The van der Waals surface area contributed by atoms with Gasteiger partial charge in [0.15, 0.2) is 0 Å². The highest BCUT2D eigenvalue weighted by Gasteiger charge is 2.37. The molecule has 1 fully saturated rings. The molecule has 0 aliphatic carbocycles. The molecule has 3 unspecified atom stereocenters. The number of nitrogens with zero attached hydrogens (tertiary/aromatic N) is 1. The molecule has 1 aromatic carbocycles. The van der Waals surface area contributed by atoms with Crippen LogP contribution in [-0.2, 0) is 9.53 Å². The SMILES string of the molecule is CC.CC(O)C(NC(=O)C1CCCN1C(=O)OC(C)(C)C)c1ccc(Br)cc1. The van der Waals surface area contributed by atoms with Crippen molar-refractivity contribution >= 4 is 27.9 Å². The average Bonchev–Trinajstić information content (AvgIpc) is 3.10. The van der Waals surface area contributed by atoms with Crippen molar-refractivity contribution in [3.63, 3.8) is 0 Å². The number of nitrogens with one attached hydrogen (secondary N) is 1. The Hall–Kier alpha value is -1.60. The standard InChI is InChI=1S/C19H27BrN2O4.C2H6/c1-12(23)16(13-7-9-14(20)10-8-13)21-17(24)15-6-5-11-22(15)18(25)26-19(2,3)4;1-2/h7-10,12,15-16,23H,5-6,11H2,1-4H3,(H,21,24);1-2H3. The van der Waals surface area contributed by atoms with Crippen molar-refractivity contribution < 1.29 is 19.4 Å². The van der Waals surface area contributed by atoms with Gasteiger partial charge in [0.2, 0.25) is 5.91 Å². The molecular weight excluding hydrogens is 424 g/mol. The lowest BCUT2D eigenvalue weighted by atomic mass is 10.0. The zero-order valence-electron chi connectivity index (χ0n) is 17.7. The number of hydrogen-bond donors (Lipinski definition) is 2. The van der Waals surface area contributed by atoms with E-state index in [0.717, 1.165) is 16.5 Å². The number of amides is 2. The Morgan fingerprint density at radius 1 is 1.25 bits per heavy atom. The summed E-state index contributed by atoms with van der Waals surface area (Å²) in [6.45, 7) is 11.5. The second-order valence-electron chi connectivity index (χ2n) is 7.61. The van der Waals surface area contributed by atoms with Gasteiger partial charge < -0.3 is 15.2 Å². The zero-order valence-corrected chi connectivity index (χ0v) is 19.2. The summed E-state index contributed by atoms with van der Waals surface area (Å²) >= 11 is 3.38. The number of likely N-dealkylation sites (tertiary alicyclic amines) is 1. The summed E-state index contributed by atoms with van der Waals surface area (Å²) in [5.41, 5.74) is 0.193. The Balaban J connectivity index is 0.00000190. The maximum Gasteiger partial charge on any atom is 0.410 e. The Bertz CT molecular complexity index is 641. The lowest BCUT2D eigenvalue weighted by Crippen LogP contribution is -2.49. The van der Waals surface area contributed by atoms with Crippen LogP contribution in [0.1, 0.15) is 66.0 Å². The number of carbonyl (C=O) groups excluding carboxylic acids is 2. The molecule has 0 spiro atoms. The van der Waals surface area contributed by atoms with E-state index in [1.165, 1.54) is 4.90 Å². The predicted octanol–water partition coefficient (Wildman–Crippen LogP) is 4.41. The third-order valence-electron chi connectivity index (χ3n) is 4.19. The number of benzene rings is 1. The lowest BCUT2D eigenvalue weighted by molar-refractivity contribution is -0.127. The smallest absolute Gasteiger partial charge is 0.410 e. The second kappa shape index (κ2) is 10.8. The van der Waals surface area contributed by atoms with Crippen LogP contribution in [0.5, 0.6) is 0 Å². The Kier molecular flexibility index (Phi) is 9.44. The highest BCUT2D eigenvalue weighted by molar-refractivity contribution is 9.10. The Morgan fingerprint density at radius 3 is 2.32 bits per heavy atom. The largest absolute Gasteiger partial charge is 0.444 e. The molecule has 3 atom stereocenters. The van der Waals surface area contributed by atoms with Gasteiger partial charge in [0.05, 0.1) is 12.1 Å². The monoisotopic (exact) mass is 456 g/mol. The fourth-order valence-electron chi connectivity index (χ4n) is 2.98. The fourth-order valence-corrected chi connectivity index (χ4v) is 3.24. The van der Waals surface area contributed by atoms with Gasteiger partial charge in [-0.25, -0.2) is 4.79 Å². The number of carbonyl (C=O) groups is 2. The van der Waals surface area contributed by atoms with Crippen molar-refractivity contribution in [1.82, 2.24) is 10.2 Å². The van der Waals surface area contributed by atoms with Gasteiger partial charge in [-0.15, -0.1) is 0 Å². The molecule has 0 radical (unpaired) electrons. The third-order valence-corrected chi connectivity index (χ3v) is 4.72. The highest BCUT2D eigenvalue weighted by Crippen LogP contribution is 2.24. The van der Waals surface area contributed by atoms with Gasteiger partial charge >= 0.3 is 6.09 Å². The molecule has 2 rings (SSSR count). The maximum atomic E-state index is 12.8. The van der Waals surface area contributed by atoms with Crippen molar-refractivity contribution in [3.05, 3.63) is 34.3 Å². The second-order valence-corrected chi connectivity index (χ2v) is 8.53. The molecule has 1 aliphatic rings. The van der Waals surface area contributed by atoms with Gasteiger partial charge in [-0.2, -0.15) is 0 Å². The van der Waals surface area contributed by atoms with Crippen LogP contribution in [0.2, 0.25) is 0 Å². The van der Waals surface area contributed by atoms with E-state index >= 15 is 0 Å². The average molecular weight is 457 g/mol. The number of rotatable bonds is 4. The van der Waals surface area contributed by atoms with E-state index in [4.69, 9.17) is 4.74 Å².